The molecule has 0 saturated carbocycles. The van der Waals surface area contributed by atoms with Crippen LogP contribution in [0.5, 0.6) is 5.75 Å². The Bertz CT molecular complexity index is 1170. The molecule has 4 aromatic rings. The first-order valence-electron chi connectivity index (χ1n) is 9.41. The van der Waals surface area contributed by atoms with E-state index in [4.69, 9.17) is 4.74 Å². The Balaban J connectivity index is 1.42. The van der Waals surface area contributed by atoms with E-state index in [9.17, 15) is 4.79 Å². The number of hydrazone groups is 1. The maximum atomic E-state index is 12.3. The molecule has 4 rings (SSSR count). The van der Waals surface area contributed by atoms with E-state index in [0.29, 0.717) is 11.4 Å². The van der Waals surface area contributed by atoms with E-state index < -0.39 is 0 Å². The highest BCUT2D eigenvalue weighted by atomic mass is 16.5. The summed E-state index contributed by atoms with van der Waals surface area (Å²) in [5, 5.41) is 11.0. The summed E-state index contributed by atoms with van der Waals surface area (Å²) in [7, 11) is 1.60. The third kappa shape index (κ3) is 4.44. The van der Waals surface area contributed by atoms with E-state index in [1.807, 2.05) is 66.7 Å². The second kappa shape index (κ2) is 8.87. The third-order valence-corrected chi connectivity index (χ3v) is 4.58. The number of nitrogens with zero attached hydrogens (tertiary/aromatic N) is 2. The average Bonchev–Trinajstić information content (AvgIpc) is 3.30. The number of aromatic nitrogens is 2. The van der Waals surface area contributed by atoms with Crippen molar-refractivity contribution in [3.05, 3.63) is 96.2 Å². The van der Waals surface area contributed by atoms with E-state index in [2.05, 4.69) is 32.9 Å². The molecule has 1 amide bonds. The van der Waals surface area contributed by atoms with E-state index in [-0.39, 0.29) is 5.91 Å². The second-order valence-electron chi connectivity index (χ2n) is 6.59. The van der Waals surface area contributed by atoms with Crippen LogP contribution in [0.25, 0.3) is 22.4 Å². The lowest BCUT2D eigenvalue weighted by molar-refractivity contribution is 0.0950. The molecule has 0 atom stereocenters. The number of aromatic amines is 1. The number of carbonyl (C=O) groups excluding carboxylic acids is 1. The van der Waals surface area contributed by atoms with Crippen LogP contribution in [-0.4, -0.2) is 29.4 Å². The SMILES string of the molecule is COc1cccc(C=NNC(=O)c2cc(-c3ccc(-c4ccccc4)cc3)n[nH]2)c1. The summed E-state index contributed by atoms with van der Waals surface area (Å²) < 4.78 is 5.17. The Morgan fingerprint density at radius 3 is 2.43 bits per heavy atom. The molecule has 6 heteroatoms. The van der Waals surface area contributed by atoms with Gasteiger partial charge in [0.15, 0.2) is 0 Å². The molecule has 1 aromatic heterocycles. The Hall–Kier alpha value is -4.19. The van der Waals surface area contributed by atoms with Gasteiger partial charge in [0, 0.05) is 5.56 Å². The number of amides is 1. The summed E-state index contributed by atoms with van der Waals surface area (Å²) in [5.41, 5.74) is 7.54. The topological polar surface area (TPSA) is 79.4 Å². The Labute approximate surface area is 174 Å². The number of carbonyl (C=O) groups is 1. The average molecular weight is 396 g/mol. The van der Waals surface area contributed by atoms with Gasteiger partial charge >= 0.3 is 0 Å². The van der Waals surface area contributed by atoms with Gasteiger partial charge in [-0.05, 0) is 34.9 Å². The first-order chi connectivity index (χ1) is 14.7. The molecule has 0 unspecified atom stereocenters. The molecule has 0 aliphatic rings. The zero-order valence-corrected chi connectivity index (χ0v) is 16.4. The van der Waals surface area contributed by atoms with Gasteiger partial charge in [-0.1, -0.05) is 66.7 Å². The fourth-order valence-corrected chi connectivity index (χ4v) is 3.00. The molecule has 30 heavy (non-hydrogen) atoms. The van der Waals surface area contributed by atoms with Gasteiger partial charge in [-0.2, -0.15) is 10.2 Å². The monoisotopic (exact) mass is 396 g/mol. The summed E-state index contributed by atoms with van der Waals surface area (Å²) in [5.74, 6) is 0.357. The van der Waals surface area contributed by atoms with Crippen LogP contribution in [0.2, 0.25) is 0 Å². The summed E-state index contributed by atoms with van der Waals surface area (Å²) in [6.45, 7) is 0. The van der Waals surface area contributed by atoms with Crippen molar-refractivity contribution < 1.29 is 9.53 Å². The van der Waals surface area contributed by atoms with Crippen molar-refractivity contribution >= 4 is 12.1 Å². The molecule has 6 nitrogen and oxygen atoms in total. The first-order valence-corrected chi connectivity index (χ1v) is 9.41. The lowest BCUT2D eigenvalue weighted by atomic mass is 10.0. The predicted octanol–water partition coefficient (Wildman–Crippen LogP) is 4.52. The summed E-state index contributed by atoms with van der Waals surface area (Å²) in [6, 6.07) is 27.3. The molecule has 3 aromatic carbocycles. The van der Waals surface area contributed by atoms with E-state index in [1.54, 1.807) is 19.4 Å². The van der Waals surface area contributed by atoms with Gasteiger partial charge in [0.25, 0.3) is 5.91 Å². The zero-order chi connectivity index (χ0) is 20.8. The summed E-state index contributed by atoms with van der Waals surface area (Å²) in [6.07, 6.45) is 1.56. The van der Waals surface area contributed by atoms with Crippen molar-refractivity contribution in [2.75, 3.05) is 7.11 Å². The molecule has 0 aliphatic heterocycles. The number of nitrogens with one attached hydrogen (secondary N) is 2. The van der Waals surface area contributed by atoms with E-state index >= 15 is 0 Å². The minimum absolute atomic E-state index is 0.333. The number of H-pyrrole nitrogens is 1. The number of methoxy groups -OCH3 is 1. The molecule has 0 aliphatic carbocycles. The molecule has 0 saturated heterocycles. The minimum atomic E-state index is -0.367. The summed E-state index contributed by atoms with van der Waals surface area (Å²) >= 11 is 0. The Kier molecular flexibility index (Phi) is 5.66. The minimum Gasteiger partial charge on any atom is -0.497 e. The maximum absolute atomic E-state index is 12.3. The van der Waals surface area contributed by atoms with Crippen molar-refractivity contribution in [3.63, 3.8) is 0 Å². The van der Waals surface area contributed by atoms with Gasteiger partial charge in [-0.15, -0.1) is 0 Å². The molecular weight excluding hydrogens is 376 g/mol. The van der Waals surface area contributed by atoms with Crippen LogP contribution in [0.1, 0.15) is 16.1 Å². The zero-order valence-electron chi connectivity index (χ0n) is 16.4. The van der Waals surface area contributed by atoms with E-state index in [0.717, 1.165) is 28.0 Å². The normalized spacial score (nSPS) is 10.8. The van der Waals surface area contributed by atoms with Crippen LogP contribution in [0.4, 0.5) is 0 Å². The second-order valence-corrected chi connectivity index (χ2v) is 6.59. The molecule has 1 heterocycles. The van der Waals surface area contributed by atoms with Crippen molar-refractivity contribution in [2.24, 2.45) is 5.10 Å². The molecule has 0 radical (unpaired) electrons. The van der Waals surface area contributed by atoms with Gasteiger partial charge in [0.1, 0.15) is 11.4 Å². The number of hydrogen-bond acceptors (Lipinski definition) is 4. The van der Waals surface area contributed by atoms with Crippen molar-refractivity contribution in [2.45, 2.75) is 0 Å². The van der Waals surface area contributed by atoms with Crippen LogP contribution >= 0.6 is 0 Å². The van der Waals surface area contributed by atoms with Crippen molar-refractivity contribution in [1.82, 2.24) is 15.6 Å². The first kappa shape index (κ1) is 19.1. The van der Waals surface area contributed by atoms with Crippen LogP contribution in [0.3, 0.4) is 0 Å². The van der Waals surface area contributed by atoms with Gasteiger partial charge in [0.05, 0.1) is 19.0 Å². The largest absolute Gasteiger partial charge is 0.497 e. The molecule has 0 bridgehead atoms. The lowest BCUT2D eigenvalue weighted by Crippen LogP contribution is -2.18. The molecule has 0 fully saturated rings. The highest BCUT2D eigenvalue weighted by Crippen LogP contribution is 2.24. The highest BCUT2D eigenvalue weighted by Gasteiger charge is 2.10. The lowest BCUT2D eigenvalue weighted by Gasteiger charge is -2.02. The molecule has 148 valence electrons. The van der Waals surface area contributed by atoms with Crippen LogP contribution < -0.4 is 10.2 Å². The maximum Gasteiger partial charge on any atom is 0.289 e. The fourth-order valence-electron chi connectivity index (χ4n) is 3.00. The van der Waals surface area contributed by atoms with Gasteiger partial charge in [-0.3, -0.25) is 9.89 Å². The van der Waals surface area contributed by atoms with Gasteiger partial charge in [0.2, 0.25) is 0 Å². The molecule has 2 N–H and O–H groups in total. The number of ether oxygens (including phenoxy) is 1. The number of hydrogen-bond donors (Lipinski definition) is 2. The van der Waals surface area contributed by atoms with Gasteiger partial charge in [-0.25, -0.2) is 5.43 Å². The number of rotatable bonds is 6. The van der Waals surface area contributed by atoms with Gasteiger partial charge < -0.3 is 4.74 Å². The van der Waals surface area contributed by atoms with Crippen molar-refractivity contribution in [1.29, 1.82) is 0 Å². The van der Waals surface area contributed by atoms with Crippen LogP contribution in [0, 0.1) is 0 Å². The molecular formula is C24H20N4O2. The van der Waals surface area contributed by atoms with Crippen molar-refractivity contribution in [3.8, 4) is 28.1 Å². The Morgan fingerprint density at radius 1 is 0.933 bits per heavy atom. The summed E-state index contributed by atoms with van der Waals surface area (Å²) in [4.78, 5) is 12.3. The quantitative estimate of drug-likeness (QED) is 0.372. The standard InChI is InChI=1S/C24H20N4O2/c1-30-21-9-5-6-17(14-21)16-25-28-24(29)23-15-22(26-27-23)20-12-10-19(11-13-20)18-7-3-2-4-8-18/h2-16H,1H3,(H,26,27)(H,28,29). The van der Waals surface area contributed by atoms with Crippen LogP contribution in [0.15, 0.2) is 90.0 Å². The third-order valence-electron chi connectivity index (χ3n) is 4.58. The van der Waals surface area contributed by atoms with E-state index in [1.165, 1.54) is 0 Å². The Morgan fingerprint density at radius 2 is 1.67 bits per heavy atom. The smallest absolute Gasteiger partial charge is 0.289 e. The fraction of sp³-hybridized carbons (Fsp3) is 0.0417. The molecule has 0 spiro atoms. The van der Waals surface area contributed by atoms with Crippen LogP contribution in [-0.2, 0) is 0 Å². The highest BCUT2D eigenvalue weighted by molar-refractivity contribution is 5.94. The number of benzene rings is 3. The predicted molar refractivity (Wildman–Crippen MR) is 118 cm³/mol.